The fraction of sp³-hybridized carbons (Fsp3) is 0.467. The van der Waals surface area contributed by atoms with Gasteiger partial charge in [-0.15, -0.1) is 0 Å². The molecule has 1 unspecified atom stereocenters. The zero-order valence-electron chi connectivity index (χ0n) is 13.2. The molecule has 0 aromatic heterocycles. The summed E-state index contributed by atoms with van der Waals surface area (Å²) >= 11 is 0. The van der Waals surface area contributed by atoms with Gasteiger partial charge in [0.2, 0.25) is 11.7 Å². The van der Waals surface area contributed by atoms with Gasteiger partial charge in [0.05, 0.1) is 21.3 Å². The number of aliphatic carboxylic acids is 1. The Morgan fingerprint density at radius 3 is 2.30 bits per heavy atom. The fourth-order valence-electron chi connectivity index (χ4n) is 2.04. The van der Waals surface area contributed by atoms with Crippen LogP contribution in [0, 0.1) is 0 Å². The van der Waals surface area contributed by atoms with Crippen LogP contribution in [-0.4, -0.2) is 51.0 Å². The largest absolute Gasteiger partial charge is 0.493 e. The van der Waals surface area contributed by atoms with Gasteiger partial charge >= 0.3 is 5.97 Å². The van der Waals surface area contributed by atoms with Gasteiger partial charge in [-0.3, -0.25) is 4.79 Å². The van der Waals surface area contributed by atoms with Crippen molar-refractivity contribution in [1.29, 1.82) is 0 Å². The first-order valence-electron chi connectivity index (χ1n) is 6.84. The molecule has 0 aliphatic rings. The Hall–Kier alpha value is -2.51. The third-order valence-electron chi connectivity index (χ3n) is 3.19. The van der Waals surface area contributed by atoms with Gasteiger partial charge in [0, 0.05) is 6.42 Å². The molecule has 23 heavy (non-hydrogen) atoms. The van der Waals surface area contributed by atoms with Crippen LogP contribution in [0.2, 0.25) is 0 Å². The Morgan fingerprint density at radius 1 is 1.17 bits per heavy atom. The second-order valence-electron chi connectivity index (χ2n) is 4.61. The lowest BCUT2D eigenvalue weighted by atomic mass is 10.1. The van der Waals surface area contributed by atoms with Crippen LogP contribution in [-0.2, 0) is 16.0 Å². The minimum Gasteiger partial charge on any atom is -0.493 e. The van der Waals surface area contributed by atoms with Crippen molar-refractivity contribution < 1.29 is 33.3 Å². The molecule has 1 atom stereocenters. The molecule has 0 fully saturated rings. The van der Waals surface area contributed by atoms with Crippen molar-refractivity contribution in [3.05, 3.63) is 17.7 Å². The topological polar surface area (TPSA) is 94.1 Å². The quantitative estimate of drug-likeness (QED) is 0.707. The maximum absolute atomic E-state index is 12.5. The van der Waals surface area contributed by atoms with Crippen LogP contribution in [0.3, 0.4) is 0 Å². The van der Waals surface area contributed by atoms with Crippen molar-refractivity contribution in [2.75, 3.05) is 28.0 Å². The zero-order valence-corrected chi connectivity index (χ0v) is 13.2. The lowest BCUT2D eigenvalue weighted by Gasteiger charge is -2.16. The van der Waals surface area contributed by atoms with Crippen molar-refractivity contribution in [2.45, 2.75) is 18.9 Å². The zero-order chi connectivity index (χ0) is 17.4. The molecular weight excluding hydrogens is 309 g/mol. The molecule has 0 saturated carbocycles. The minimum absolute atomic E-state index is 0.0182. The predicted octanol–water partition coefficient (Wildman–Crippen LogP) is 1.18. The van der Waals surface area contributed by atoms with Gasteiger partial charge in [-0.05, 0) is 18.1 Å². The third-order valence-corrected chi connectivity index (χ3v) is 3.19. The summed E-state index contributed by atoms with van der Waals surface area (Å²) in [6.07, 6.45) is 0.254. The van der Waals surface area contributed by atoms with Crippen LogP contribution < -0.4 is 19.5 Å². The minimum atomic E-state index is -1.53. The number of hydrogen-bond donors (Lipinski definition) is 2. The first kappa shape index (κ1) is 18.5. The molecule has 0 bridgehead atoms. The van der Waals surface area contributed by atoms with Crippen LogP contribution >= 0.6 is 0 Å². The summed E-state index contributed by atoms with van der Waals surface area (Å²) in [5.74, 6) is -0.655. The van der Waals surface area contributed by atoms with E-state index < -0.39 is 24.6 Å². The first-order chi connectivity index (χ1) is 11.0. The number of nitrogens with one attached hydrogen (secondary N) is 1. The van der Waals surface area contributed by atoms with E-state index in [1.54, 1.807) is 12.1 Å². The molecule has 8 heteroatoms. The standard InChI is InChI=1S/C15H20FNO6/c1-21-11-6-4-9(13(22-2)14(11)23-3)5-7-12(18)17-10(8-16)15(19)20/h4,6,10H,5,7-8H2,1-3H3,(H,17,18)(H,19,20). The number of hydrogen-bond acceptors (Lipinski definition) is 5. The van der Waals surface area contributed by atoms with Crippen LogP contribution in [0.1, 0.15) is 12.0 Å². The molecule has 0 saturated heterocycles. The lowest BCUT2D eigenvalue weighted by Crippen LogP contribution is -2.42. The average Bonchev–Trinajstić information content (AvgIpc) is 2.56. The molecule has 0 spiro atoms. The number of amides is 1. The number of methoxy groups -OCH3 is 3. The second-order valence-corrected chi connectivity index (χ2v) is 4.61. The number of carboxylic acid groups (broad SMARTS) is 1. The van der Waals surface area contributed by atoms with E-state index in [1.165, 1.54) is 21.3 Å². The SMILES string of the molecule is COc1ccc(CCC(=O)NC(CF)C(=O)O)c(OC)c1OC. The van der Waals surface area contributed by atoms with Gasteiger partial charge in [0.15, 0.2) is 17.5 Å². The van der Waals surface area contributed by atoms with Crippen LogP contribution in [0.5, 0.6) is 17.2 Å². The monoisotopic (exact) mass is 329 g/mol. The summed E-state index contributed by atoms with van der Waals surface area (Å²) in [5.41, 5.74) is 0.687. The van der Waals surface area contributed by atoms with Crippen molar-refractivity contribution in [3.63, 3.8) is 0 Å². The molecule has 128 valence electrons. The van der Waals surface area contributed by atoms with E-state index in [0.29, 0.717) is 22.8 Å². The molecule has 0 heterocycles. The number of carbonyl (C=O) groups excluding carboxylic acids is 1. The summed E-state index contributed by atoms with van der Waals surface area (Å²) in [5, 5.41) is 10.8. The molecule has 2 N–H and O–H groups in total. The number of ether oxygens (including phenoxy) is 3. The molecular formula is C15H20FNO6. The smallest absolute Gasteiger partial charge is 0.328 e. The molecule has 7 nitrogen and oxygen atoms in total. The van der Waals surface area contributed by atoms with Gasteiger partial charge in [-0.25, -0.2) is 9.18 Å². The summed E-state index contributed by atoms with van der Waals surface area (Å²) in [7, 11) is 4.42. The highest BCUT2D eigenvalue weighted by molar-refractivity contribution is 5.83. The van der Waals surface area contributed by atoms with Crippen molar-refractivity contribution >= 4 is 11.9 Å². The average molecular weight is 329 g/mol. The molecule has 1 amide bonds. The summed E-state index contributed by atoms with van der Waals surface area (Å²) in [6.45, 7) is -1.17. The van der Waals surface area contributed by atoms with E-state index in [2.05, 4.69) is 5.32 Å². The number of carboxylic acids is 1. The highest BCUT2D eigenvalue weighted by atomic mass is 19.1. The van der Waals surface area contributed by atoms with Gasteiger partial charge in [0.1, 0.15) is 6.67 Å². The van der Waals surface area contributed by atoms with Crippen LogP contribution in [0.15, 0.2) is 12.1 Å². The Kier molecular flexibility index (Phi) is 7.11. The van der Waals surface area contributed by atoms with E-state index >= 15 is 0 Å². The lowest BCUT2D eigenvalue weighted by molar-refractivity contribution is -0.142. The maximum Gasteiger partial charge on any atom is 0.328 e. The molecule has 1 aromatic rings. The fourth-order valence-corrected chi connectivity index (χ4v) is 2.04. The van der Waals surface area contributed by atoms with Gasteiger partial charge in [-0.2, -0.15) is 0 Å². The summed E-state index contributed by atoms with van der Waals surface area (Å²) < 4.78 is 28.2. The van der Waals surface area contributed by atoms with Crippen LogP contribution in [0.25, 0.3) is 0 Å². The van der Waals surface area contributed by atoms with Crippen molar-refractivity contribution in [3.8, 4) is 17.2 Å². The Balaban J connectivity index is 2.81. The molecule has 1 rings (SSSR count). The number of halogens is 1. The van der Waals surface area contributed by atoms with Gasteiger partial charge in [0.25, 0.3) is 0 Å². The second kappa shape index (κ2) is 8.82. The Labute approximate surface area is 133 Å². The van der Waals surface area contributed by atoms with Gasteiger partial charge in [-0.1, -0.05) is 6.07 Å². The normalized spacial score (nSPS) is 11.5. The number of carbonyl (C=O) groups is 2. The molecule has 0 aliphatic heterocycles. The molecule has 0 radical (unpaired) electrons. The third kappa shape index (κ3) is 4.73. The van der Waals surface area contributed by atoms with E-state index in [9.17, 15) is 14.0 Å². The highest BCUT2D eigenvalue weighted by Crippen LogP contribution is 2.40. The van der Waals surface area contributed by atoms with E-state index in [1.807, 2.05) is 0 Å². The first-order valence-corrected chi connectivity index (χ1v) is 6.84. The van der Waals surface area contributed by atoms with Crippen molar-refractivity contribution in [1.82, 2.24) is 5.32 Å². The van der Waals surface area contributed by atoms with E-state index in [4.69, 9.17) is 19.3 Å². The van der Waals surface area contributed by atoms with E-state index in [-0.39, 0.29) is 12.8 Å². The molecule has 0 aliphatic carbocycles. The Bertz CT molecular complexity index is 563. The predicted molar refractivity (Wildman–Crippen MR) is 80.0 cm³/mol. The molecule has 1 aromatic carbocycles. The number of benzene rings is 1. The van der Waals surface area contributed by atoms with Crippen LogP contribution in [0.4, 0.5) is 4.39 Å². The van der Waals surface area contributed by atoms with Crippen molar-refractivity contribution in [2.24, 2.45) is 0 Å². The Morgan fingerprint density at radius 2 is 1.83 bits per heavy atom. The number of alkyl halides is 1. The maximum atomic E-state index is 12.5. The summed E-state index contributed by atoms with van der Waals surface area (Å²) in [4.78, 5) is 22.4. The van der Waals surface area contributed by atoms with Gasteiger partial charge < -0.3 is 24.6 Å². The highest BCUT2D eigenvalue weighted by Gasteiger charge is 2.20. The number of aryl methyl sites for hydroxylation is 1. The van der Waals surface area contributed by atoms with E-state index in [0.717, 1.165) is 0 Å². The summed E-state index contributed by atoms with van der Waals surface area (Å²) in [6, 6.07) is 1.86. The number of rotatable bonds is 9.